The number of halogens is 1. The molecule has 1 saturated heterocycles. The lowest BCUT2D eigenvalue weighted by Gasteiger charge is -2.35. The molecule has 0 aliphatic carbocycles. The molecule has 1 N–H and O–H groups in total. The molecule has 2 atom stereocenters. The molecule has 0 unspecified atom stereocenters. The van der Waals surface area contributed by atoms with Gasteiger partial charge in [0.1, 0.15) is 0 Å². The third-order valence-corrected chi connectivity index (χ3v) is 4.44. The quantitative estimate of drug-likeness (QED) is 0.904. The number of nitrogens with one attached hydrogen (secondary N) is 1. The second kappa shape index (κ2) is 6.04. The van der Waals surface area contributed by atoms with E-state index in [0.29, 0.717) is 19.6 Å². The van der Waals surface area contributed by atoms with Gasteiger partial charge in [0.05, 0.1) is 18.8 Å². The minimum atomic E-state index is -0.0125. The minimum Gasteiger partial charge on any atom is -0.372 e. The van der Waals surface area contributed by atoms with Gasteiger partial charge >= 0.3 is 6.03 Å². The van der Waals surface area contributed by atoms with Crippen molar-refractivity contribution >= 4 is 33.3 Å². The summed E-state index contributed by atoms with van der Waals surface area (Å²) < 4.78 is 6.67. The topological polar surface area (TPSA) is 41.6 Å². The molecule has 100 valence electrons. The normalized spacial score (nSPS) is 24.1. The number of ether oxygens (including phenoxy) is 1. The van der Waals surface area contributed by atoms with Gasteiger partial charge < -0.3 is 15.0 Å². The molecule has 1 aliphatic heterocycles. The second-order valence-corrected chi connectivity index (χ2v) is 6.46. The summed E-state index contributed by atoms with van der Waals surface area (Å²) >= 11 is 5.04. The molecule has 0 bridgehead atoms. The number of thiophene rings is 1. The average molecular weight is 333 g/mol. The van der Waals surface area contributed by atoms with Crippen LogP contribution in [-0.2, 0) is 11.3 Å². The van der Waals surface area contributed by atoms with E-state index >= 15 is 0 Å². The number of carbonyl (C=O) groups is 1. The summed E-state index contributed by atoms with van der Waals surface area (Å²) in [7, 11) is 0. The van der Waals surface area contributed by atoms with Crippen molar-refractivity contribution < 1.29 is 9.53 Å². The molecule has 1 fully saturated rings. The summed E-state index contributed by atoms with van der Waals surface area (Å²) in [4.78, 5) is 15.0. The smallest absolute Gasteiger partial charge is 0.317 e. The fourth-order valence-corrected chi connectivity index (χ4v) is 3.46. The lowest BCUT2D eigenvalue weighted by molar-refractivity contribution is -0.0545. The molecule has 4 nitrogen and oxygen atoms in total. The van der Waals surface area contributed by atoms with E-state index in [1.807, 2.05) is 30.2 Å². The van der Waals surface area contributed by atoms with Crippen LogP contribution < -0.4 is 5.32 Å². The molecule has 1 aliphatic rings. The van der Waals surface area contributed by atoms with Crippen LogP contribution in [0.1, 0.15) is 18.7 Å². The number of hydrogen-bond donors (Lipinski definition) is 1. The minimum absolute atomic E-state index is 0.0125. The van der Waals surface area contributed by atoms with Gasteiger partial charge in [0, 0.05) is 27.8 Å². The number of nitrogens with zero attached hydrogens (tertiary/aromatic N) is 1. The lowest BCUT2D eigenvalue weighted by atomic mass is 10.2. The molecule has 18 heavy (non-hydrogen) atoms. The maximum atomic E-state index is 12.0. The summed E-state index contributed by atoms with van der Waals surface area (Å²) in [5.41, 5.74) is 0. The highest BCUT2D eigenvalue weighted by Crippen LogP contribution is 2.19. The summed E-state index contributed by atoms with van der Waals surface area (Å²) in [6.07, 6.45) is 0.214. The van der Waals surface area contributed by atoms with Crippen molar-refractivity contribution in [1.29, 1.82) is 0 Å². The van der Waals surface area contributed by atoms with Crippen molar-refractivity contribution in [3.63, 3.8) is 0 Å². The van der Waals surface area contributed by atoms with Gasteiger partial charge in [-0.05, 0) is 35.8 Å². The Hall–Kier alpha value is -0.590. The van der Waals surface area contributed by atoms with Gasteiger partial charge in [-0.2, -0.15) is 0 Å². The van der Waals surface area contributed by atoms with Crippen LogP contribution in [0.4, 0.5) is 4.79 Å². The number of rotatable bonds is 2. The average Bonchev–Trinajstić information content (AvgIpc) is 2.70. The van der Waals surface area contributed by atoms with E-state index in [0.717, 1.165) is 9.35 Å². The standard InChI is InChI=1S/C12H17BrN2O2S/c1-8-5-15(6-9(2)17-8)12(16)14-4-11-3-10(13)7-18-11/h3,7-9H,4-6H2,1-2H3,(H,14,16)/t8-,9-/m1/s1. The summed E-state index contributed by atoms with van der Waals surface area (Å²) in [6.45, 7) is 5.88. The Labute approximate surface area is 119 Å². The molecule has 6 heteroatoms. The van der Waals surface area contributed by atoms with Crippen LogP contribution in [0, 0.1) is 0 Å². The monoisotopic (exact) mass is 332 g/mol. The van der Waals surface area contributed by atoms with Gasteiger partial charge in [-0.25, -0.2) is 4.79 Å². The van der Waals surface area contributed by atoms with E-state index in [9.17, 15) is 4.79 Å². The maximum Gasteiger partial charge on any atom is 0.317 e. The number of carbonyl (C=O) groups excluding carboxylic acids is 1. The first-order valence-corrected chi connectivity index (χ1v) is 7.63. The van der Waals surface area contributed by atoms with Crippen molar-refractivity contribution in [2.24, 2.45) is 0 Å². The zero-order valence-corrected chi connectivity index (χ0v) is 12.9. The number of amides is 2. The molecule has 0 radical (unpaired) electrons. The first-order chi connectivity index (χ1) is 8.54. The van der Waals surface area contributed by atoms with Crippen LogP contribution in [0.5, 0.6) is 0 Å². The first kappa shape index (κ1) is 13.8. The molecule has 1 aromatic heterocycles. The lowest BCUT2D eigenvalue weighted by Crippen LogP contribution is -2.51. The molecular weight excluding hydrogens is 316 g/mol. The largest absolute Gasteiger partial charge is 0.372 e. The van der Waals surface area contributed by atoms with Crippen molar-refractivity contribution in [3.8, 4) is 0 Å². The van der Waals surface area contributed by atoms with Crippen molar-refractivity contribution in [2.75, 3.05) is 13.1 Å². The van der Waals surface area contributed by atoms with Gasteiger partial charge in [-0.15, -0.1) is 11.3 Å². The highest BCUT2D eigenvalue weighted by atomic mass is 79.9. The summed E-state index contributed by atoms with van der Waals surface area (Å²) in [6, 6.07) is 2.01. The SMILES string of the molecule is C[C@@H]1CN(C(=O)NCc2cc(Br)cs2)C[C@@H](C)O1. The van der Waals surface area contributed by atoms with E-state index in [1.54, 1.807) is 11.3 Å². The molecular formula is C12H17BrN2O2S. The molecule has 2 rings (SSSR count). The Balaban J connectivity index is 1.84. The van der Waals surface area contributed by atoms with Gasteiger partial charge in [-0.3, -0.25) is 0 Å². The maximum absolute atomic E-state index is 12.0. The van der Waals surface area contributed by atoms with Gasteiger partial charge in [0.25, 0.3) is 0 Å². The van der Waals surface area contributed by atoms with Crippen LogP contribution in [0.25, 0.3) is 0 Å². The van der Waals surface area contributed by atoms with E-state index in [1.165, 1.54) is 0 Å². The third-order valence-electron chi connectivity index (χ3n) is 2.74. The Morgan fingerprint density at radius 3 is 2.78 bits per heavy atom. The van der Waals surface area contributed by atoms with Gasteiger partial charge in [0.15, 0.2) is 0 Å². The van der Waals surface area contributed by atoms with Crippen molar-refractivity contribution in [1.82, 2.24) is 10.2 Å². The molecule has 2 amide bonds. The highest BCUT2D eigenvalue weighted by Gasteiger charge is 2.25. The Kier molecular flexibility index (Phi) is 4.64. The second-order valence-electron chi connectivity index (χ2n) is 4.55. The van der Waals surface area contributed by atoms with Crippen LogP contribution in [0.3, 0.4) is 0 Å². The molecule has 0 spiro atoms. The van der Waals surface area contributed by atoms with Crippen LogP contribution in [-0.4, -0.2) is 36.2 Å². The Morgan fingerprint density at radius 2 is 2.22 bits per heavy atom. The Morgan fingerprint density at radius 1 is 1.56 bits per heavy atom. The zero-order chi connectivity index (χ0) is 13.1. The molecule has 2 heterocycles. The highest BCUT2D eigenvalue weighted by molar-refractivity contribution is 9.10. The van der Waals surface area contributed by atoms with E-state index in [-0.39, 0.29) is 18.2 Å². The number of hydrogen-bond acceptors (Lipinski definition) is 3. The van der Waals surface area contributed by atoms with E-state index in [2.05, 4.69) is 21.2 Å². The van der Waals surface area contributed by atoms with Gasteiger partial charge in [0.2, 0.25) is 0 Å². The van der Waals surface area contributed by atoms with E-state index < -0.39 is 0 Å². The van der Waals surface area contributed by atoms with Crippen molar-refractivity contribution in [3.05, 3.63) is 20.8 Å². The fraction of sp³-hybridized carbons (Fsp3) is 0.583. The van der Waals surface area contributed by atoms with Crippen molar-refractivity contribution in [2.45, 2.75) is 32.6 Å². The number of urea groups is 1. The van der Waals surface area contributed by atoms with Crippen LogP contribution in [0.15, 0.2) is 15.9 Å². The number of morpholine rings is 1. The third kappa shape index (κ3) is 3.70. The van der Waals surface area contributed by atoms with Gasteiger partial charge in [-0.1, -0.05) is 0 Å². The molecule has 1 aromatic rings. The van der Waals surface area contributed by atoms with E-state index in [4.69, 9.17) is 4.74 Å². The zero-order valence-electron chi connectivity index (χ0n) is 10.5. The Bertz CT molecular complexity index is 414. The predicted octanol–water partition coefficient (Wildman–Crippen LogP) is 2.83. The van der Waals surface area contributed by atoms with Crippen LogP contribution >= 0.6 is 27.3 Å². The summed E-state index contributed by atoms with van der Waals surface area (Å²) in [5, 5.41) is 4.96. The fourth-order valence-electron chi connectivity index (χ4n) is 2.06. The van der Waals surface area contributed by atoms with Crippen LogP contribution in [0.2, 0.25) is 0 Å². The predicted molar refractivity (Wildman–Crippen MR) is 75.8 cm³/mol. The molecule has 0 aromatic carbocycles. The molecule has 0 saturated carbocycles. The first-order valence-electron chi connectivity index (χ1n) is 5.95. The summed E-state index contributed by atoms with van der Waals surface area (Å²) in [5.74, 6) is 0.